The van der Waals surface area contributed by atoms with E-state index in [1.807, 2.05) is 0 Å². The highest BCUT2D eigenvalue weighted by Crippen LogP contribution is 2.13. The monoisotopic (exact) mass is 229 g/mol. The predicted octanol–water partition coefficient (Wildman–Crippen LogP) is -0.109. The molecule has 1 atom stereocenters. The summed E-state index contributed by atoms with van der Waals surface area (Å²) in [5.74, 6) is -3.37. The van der Waals surface area contributed by atoms with Gasteiger partial charge in [-0.3, -0.25) is 9.59 Å². The summed E-state index contributed by atoms with van der Waals surface area (Å²) in [6, 6.07) is 0. The Hall–Kier alpha value is -1.31. The fourth-order valence-electron chi connectivity index (χ4n) is 0.756. The molecule has 0 aromatic rings. The first-order chi connectivity index (χ1) is 6.73. The third-order valence-corrected chi connectivity index (χ3v) is 1.43. The number of halogens is 3. The van der Waals surface area contributed by atoms with Gasteiger partial charge in [-0.1, -0.05) is 0 Å². The first kappa shape index (κ1) is 13.7. The van der Waals surface area contributed by atoms with Crippen molar-refractivity contribution in [3.63, 3.8) is 0 Å². The summed E-state index contributed by atoms with van der Waals surface area (Å²) in [6.45, 7) is -0.424. The van der Waals surface area contributed by atoms with Crippen molar-refractivity contribution >= 4 is 11.9 Å². The molecule has 3 N–H and O–H groups in total. The highest BCUT2D eigenvalue weighted by Gasteiger charge is 2.38. The van der Waals surface area contributed by atoms with Crippen molar-refractivity contribution < 1.29 is 33.0 Å². The third kappa shape index (κ3) is 6.72. The fraction of sp³-hybridized carbons (Fsp3) is 0.714. The number of hydrogen-bond donors (Lipinski definition) is 3. The number of nitrogens with one attached hydrogen (secondary N) is 1. The lowest BCUT2D eigenvalue weighted by molar-refractivity contribution is -0.173. The van der Waals surface area contributed by atoms with Gasteiger partial charge in [0.25, 0.3) is 0 Å². The Morgan fingerprint density at radius 2 is 1.87 bits per heavy atom. The highest BCUT2D eigenvalue weighted by molar-refractivity contribution is 5.81. The second-order valence-electron chi connectivity index (χ2n) is 2.79. The van der Waals surface area contributed by atoms with Crippen LogP contribution in [-0.4, -0.2) is 40.9 Å². The number of alkyl halides is 3. The Morgan fingerprint density at radius 3 is 2.27 bits per heavy atom. The molecule has 0 aromatic heterocycles. The number of carbonyl (C=O) groups excluding carboxylic acids is 1. The molecule has 88 valence electrons. The number of carboxylic acids is 1. The molecule has 0 aliphatic heterocycles. The molecule has 0 radical (unpaired) electrons. The number of amides is 1. The van der Waals surface area contributed by atoms with Crippen LogP contribution in [0, 0.1) is 0 Å². The second-order valence-corrected chi connectivity index (χ2v) is 2.79. The van der Waals surface area contributed by atoms with E-state index >= 15 is 0 Å². The molecule has 0 saturated heterocycles. The summed E-state index contributed by atoms with van der Waals surface area (Å²) in [4.78, 5) is 20.3. The van der Waals surface area contributed by atoms with Crippen LogP contribution in [0.1, 0.15) is 12.8 Å². The van der Waals surface area contributed by atoms with Crippen LogP contribution in [0.4, 0.5) is 13.2 Å². The molecular weight excluding hydrogens is 219 g/mol. The number of aliphatic hydroxyl groups excluding tert-OH is 1. The molecule has 0 spiro atoms. The van der Waals surface area contributed by atoms with Gasteiger partial charge in [0, 0.05) is 6.54 Å². The van der Waals surface area contributed by atoms with Gasteiger partial charge in [-0.05, 0) is 6.42 Å². The minimum atomic E-state index is -4.96. The third-order valence-electron chi connectivity index (χ3n) is 1.43. The first-order valence-corrected chi connectivity index (χ1v) is 3.98. The Labute approximate surface area is 82.9 Å². The molecule has 0 unspecified atom stereocenters. The minimum absolute atomic E-state index is 0.242. The van der Waals surface area contributed by atoms with Gasteiger partial charge in [0.15, 0.2) is 0 Å². The molecule has 0 heterocycles. The maximum Gasteiger partial charge on any atom is 0.471 e. The first-order valence-electron chi connectivity index (χ1n) is 3.98. The SMILES string of the molecule is O=C(O)C[C@@H](O)CCNC(=O)C(F)(F)F. The van der Waals surface area contributed by atoms with Crippen molar-refractivity contribution in [3.8, 4) is 0 Å². The maximum absolute atomic E-state index is 11.6. The van der Waals surface area contributed by atoms with Crippen molar-refractivity contribution in [2.45, 2.75) is 25.1 Å². The van der Waals surface area contributed by atoms with E-state index in [9.17, 15) is 22.8 Å². The molecule has 0 aliphatic carbocycles. The molecule has 0 saturated carbocycles. The van der Waals surface area contributed by atoms with E-state index < -0.39 is 37.1 Å². The van der Waals surface area contributed by atoms with Crippen molar-refractivity contribution in [2.75, 3.05) is 6.54 Å². The fourth-order valence-corrected chi connectivity index (χ4v) is 0.756. The molecule has 8 heteroatoms. The van der Waals surface area contributed by atoms with Crippen LogP contribution in [-0.2, 0) is 9.59 Å². The van der Waals surface area contributed by atoms with E-state index in [4.69, 9.17) is 10.2 Å². The van der Waals surface area contributed by atoms with Gasteiger partial charge in [-0.25, -0.2) is 0 Å². The van der Waals surface area contributed by atoms with Gasteiger partial charge >= 0.3 is 18.1 Å². The van der Waals surface area contributed by atoms with Gasteiger partial charge < -0.3 is 15.5 Å². The number of carbonyl (C=O) groups is 2. The van der Waals surface area contributed by atoms with Crippen LogP contribution >= 0.6 is 0 Å². The normalized spacial score (nSPS) is 13.3. The largest absolute Gasteiger partial charge is 0.481 e. The van der Waals surface area contributed by atoms with E-state index in [1.165, 1.54) is 5.32 Å². The number of aliphatic carboxylic acids is 1. The zero-order valence-corrected chi connectivity index (χ0v) is 7.54. The van der Waals surface area contributed by atoms with Crippen LogP contribution in [0.3, 0.4) is 0 Å². The summed E-state index contributed by atoms with van der Waals surface area (Å²) in [6.07, 6.45) is -7.04. The van der Waals surface area contributed by atoms with Crippen molar-refractivity contribution in [1.82, 2.24) is 5.32 Å². The van der Waals surface area contributed by atoms with E-state index in [1.54, 1.807) is 0 Å². The summed E-state index contributed by atoms with van der Waals surface area (Å²) >= 11 is 0. The Kier molecular flexibility index (Phi) is 5.06. The molecule has 0 fully saturated rings. The van der Waals surface area contributed by atoms with Crippen LogP contribution in [0.2, 0.25) is 0 Å². The van der Waals surface area contributed by atoms with Crippen LogP contribution in [0.25, 0.3) is 0 Å². The number of aliphatic hydroxyl groups is 1. The van der Waals surface area contributed by atoms with Crippen LogP contribution < -0.4 is 5.32 Å². The molecule has 0 aliphatic rings. The summed E-state index contributed by atoms with van der Waals surface area (Å²) in [5.41, 5.74) is 0. The lowest BCUT2D eigenvalue weighted by atomic mass is 10.2. The number of hydrogen-bond acceptors (Lipinski definition) is 3. The Balaban J connectivity index is 3.71. The molecule has 5 nitrogen and oxygen atoms in total. The zero-order valence-electron chi connectivity index (χ0n) is 7.54. The van der Waals surface area contributed by atoms with Crippen molar-refractivity contribution in [2.24, 2.45) is 0 Å². The maximum atomic E-state index is 11.6. The molecular formula is C7H10F3NO4. The van der Waals surface area contributed by atoms with Crippen LogP contribution in [0.15, 0.2) is 0 Å². The lowest BCUT2D eigenvalue weighted by Gasteiger charge is -2.10. The Morgan fingerprint density at radius 1 is 1.33 bits per heavy atom. The van der Waals surface area contributed by atoms with Gasteiger partial charge in [0.2, 0.25) is 0 Å². The smallest absolute Gasteiger partial charge is 0.471 e. The molecule has 0 aromatic carbocycles. The standard InChI is InChI=1S/C7H10F3NO4/c8-7(9,10)6(15)11-2-1-4(12)3-5(13)14/h4,12H,1-3H2,(H,11,15)(H,13,14)/t4-/m0/s1. The predicted molar refractivity (Wildman–Crippen MR) is 41.9 cm³/mol. The van der Waals surface area contributed by atoms with Gasteiger partial charge in [-0.15, -0.1) is 0 Å². The zero-order chi connectivity index (χ0) is 12.1. The average Bonchev–Trinajstić information content (AvgIpc) is 2.00. The number of rotatable bonds is 5. The molecule has 1 amide bonds. The molecule has 0 bridgehead atoms. The van der Waals surface area contributed by atoms with E-state index in [0.717, 1.165) is 0 Å². The lowest BCUT2D eigenvalue weighted by Crippen LogP contribution is -2.38. The van der Waals surface area contributed by atoms with Crippen molar-refractivity contribution in [3.05, 3.63) is 0 Å². The summed E-state index contributed by atoms with van der Waals surface area (Å²) < 4.78 is 34.8. The van der Waals surface area contributed by atoms with Gasteiger partial charge in [0.05, 0.1) is 12.5 Å². The van der Waals surface area contributed by atoms with E-state index in [-0.39, 0.29) is 6.42 Å². The Bertz CT molecular complexity index is 241. The molecule has 15 heavy (non-hydrogen) atoms. The van der Waals surface area contributed by atoms with Crippen molar-refractivity contribution in [1.29, 1.82) is 0 Å². The van der Waals surface area contributed by atoms with E-state index in [2.05, 4.69) is 0 Å². The molecule has 0 rings (SSSR count). The van der Waals surface area contributed by atoms with Gasteiger partial charge in [0.1, 0.15) is 0 Å². The van der Waals surface area contributed by atoms with E-state index in [0.29, 0.717) is 0 Å². The topological polar surface area (TPSA) is 86.6 Å². The second kappa shape index (κ2) is 5.54. The highest BCUT2D eigenvalue weighted by atomic mass is 19.4. The minimum Gasteiger partial charge on any atom is -0.481 e. The summed E-state index contributed by atoms with van der Waals surface area (Å²) in [7, 11) is 0. The van der Waals surface area contributed by atoms with Gasteiger partial charge in [-0.2, -0.15) is 13.2 Å². The number of carboxylic acid groups (broad SMARTS) is 1. The average molecular weight is 229 g/mol. The van der Waals surface area contributed by atoms with Crippen LogP contribution in [0.5, 0.6) is 0 Å². The quantitative estimate of drug-likeness (QED) is 0.614. The summed E-state index contributed by atoms with van der Waals surface area (Å²) in [5, 5.41) is 18.6.